The summed E-state index contributed by atoms with van der Waals surface area (Å²) in [5.41, 5.74) is -0.0471. The minimum absolute atomic E-state index is 0.0471. The van der Waals surface area contributed by atoms with Crippen LogP contribution in [0.4, 0.5) is 13.2 Å². The van der Waals surface area contributed by atoms with Gasteiger partial charge in [-0.25, -0.2) is 0 Å². The normalized spacial score (nSPS) is 20.7. The van der Waals surface area contributed by atoms with Crippen molar-refractivity contribution < 1.29 is 22.7 Å². The molecule has 20 heavy (non-hydrogen) atoms. The first kappa shape index (κ1) is 15.1. The SMILES string of the molecule is O=C(NC(c1ccc(Cl)cc1)C(F)(F)F)C1CCOC1. The lowest BCUT2D eigenvalue weighted by molar-refractivity contribution is -0.164. The summed E-state index contributed by atoms with van der Waals surface area (Å²) in [4.78, 5) is 11.8. The maximum atomic E-state index is 13.1. The molecular formula is C13H13ClF3NO2. The van der Waals surface area contributed by atoms with E-state index in [0.29, 0.717) is 18.1 Å². The van der Waals surface area contributed by atoms with Gasteiger partial charge in [0.25, 0.3) is 0 Å². The molecule has 2 unspecified atom stereocenters. The summed E-state index contributed by atoms with van der Waals surface area (Å²) >= 11 is 5.65. The Morgan fingerprint density at radius 2 is 2.00 bits per heavy atom. The third kappa shape index (κ3) is 3.64. The van der Waals surface area contributed by atoms with Gasteiger partial charge in [-0.2, -0.15) is 13.2 Å². The minimum atomic E-state index is -4.57. The first-order chi connectivity index (χ1) is 9.38. The fourth-order valence-electron chi connectivity index (χ4n) is 2.01. The Balaban J connectivity index is 2.15. The zero-order chi connectivity index (χ0) is 14.8. The number of hydrogen-bond donors (Lipinski definition) is 1. The third-order valence-electron chi connectivity index (χ3n) is 3.12. The van der Waals surface area contributed by atoms with E-state index in [4.69, 9.17) is 16.3 Å². The van der Waals surface area contributed by atoms with Crippen molar-refractivity contribution in [2.24, 2.45) is 5.92 Å². The van der Waals surface area contributed by atoms with Crippen molar-refractivity contribution in [3.63, 3.8) is 0 Å². The second-order valence-corrected chi connectivity index (χ2v) is 5.03. The number of carbonyl (C=O) groups is 1. The fourth-order valence-corrected chi connectivity index (χ4v) is 2.14. The summed E-state index contributed by atoms with van der Waals surface area (Å²) in [6.45, 7) is 0.562. The smallest absolute Gasteiger partial charge is 0.381 e. The lowest BCUT2D eigenvalue weighted by Crippen LogP contribution is -2.41. The molecule has 0 aromatic heterocycles. The number of carbonyl (C=O) groups excluding carboxylic acids is 1. The number of benzene rings is 1. The van der Waals surface area contributed by atoms with Crippen molar-refractivity contribution >= 4 is 17.5 Å². The highest BCUT2D eigenvalue weighted by atomic mass is 35.5. The molecule has 3 nitrogen and oxygen atoms in total. The summed E-state index contributed by atoms with van der Waals surface area (Å²) in [5.74, 6) is -1.16. The molecule has 0 saturated carbocycles. The van der Waals surface area contributed by atoms with E-state index in [9.17, 15) is 18.0 Å². The number of ether oxygens (including phenoxy) is 1. The van der Waals surface area contributed by atoms with Gasteiger partial charge in [0.15, 0.2) is 6.04 Å². The van der Waals surface area contributed by atoms with E-state index in [2.05, 4.69) is 0 Å². The number of rotatable bonds is 3. The van der Waals surface area contributed by atoms with Crippen LogP contribution in [-0.4, -0.2) is 25.3 Å². The average molecular weight is 308 g/mol. The van der Waals surface area contributed by atoms with E-state index in [-0.39, 0.29) is 12.2 Å². The molecule has 1 aliphatic rings. The van der Waals surface area contributed by atoms with Gasteiger partial charge in [0.1, 0.15) is 0 Å². The molecule has 0 bridgehead atoms. The molecule has 1 aromatic rings. The van der Waals surface area contributed by atoms with Crippen LogP contribution < -0.4 is 5.32 Å². The van der Waals surface area contributed by atoms with E-state index in [0.717, 1.165) is 0 Å². The van der Waals surface area contributed by atoms with Crippen LogP contribution in [0, 0.1) is 5.92 Å². The maximum absolute atomic E-state index is 13.1. The van der Waals surface area contributed by atoms with Crippen molar-refractivity contribution in [1.29, 1.82) is 0 Å². The molecule has 0 aliphatic carbocycles. The highest BCUT2D eigenvalue weighted by molar-refractivity contribution is 6.30. The van der Waals surface area contributed by atoms with E-state index >= 15 is 0 Å². The molecule has 1 saturated heterocycles. The zero-order valence-corrected chi connectivity index (χ0v) is 11.2. The van der Waals surface area contributed by atoms with Crippen LogP contribution in [0.5, 0.6) is 0 Å². The first-order valence-corrected chi connectivity index (χ1v) is 6.46. The standard InChI is InChI=1S/C13H13ClF3NO2/c14-10-3-1-8(2-4-10)11(13(15,16)17)18-12(19)9-5-6-20-7-9/h1-4,9,11H,5-7H2,(H,18,19). The molecular weight excluding hydrogens is 295 g/mol. The fraction of sp³-hybridized carbons (Fsp3) is 0.462. The Labute approximate surface area is 119 Å². The van der Waals surface area contributed by atoms with Gasteiger partial charge in [-0.3, -0.25) is 4.79 Å². The molecule has 0 spiro atoms. The molecule has 1 heterocycles. The van der Waals surface area contributed by atoms with Gasteiger partial charge in [-0.05, 0) is 24.1 Å². The van der Waals surface area contributed by atoms with Crippen LogP contribution in [0.25, 0.3) is 0 Å². The summed E-state index contributed by atoms with van der Waals surface area (Å²) < 4.78 is 44.2. The second-order valence-electron chi connectivity index (χ2n) is 4.60. The molecule has 7 heteroatoms. The van der Waals surface area contributed by atoms with Gasteiger partial charge in [-0.15, -0.1) is 0 Å². The Morgan fingerprint density at radius 3 is 2.50 bits per heavy atom. The Hall–Kier alpha value is -1.27. The Kier molecular flexibility index (Phi) is 4.55. The van der Waals surface area contributed by atoms with Crippen molar-refractivity contribution in [2.75, 3.05) is 13.2 Å². The molecule has 1 amide bonds. The van der Waals surface area contributed by atoms with Gasteiger partial charge >= 0.3 is 6.18 Å². The van der Waals surface area contributed by atoms with Crippen LogP contribution in [0.15, 0.2) is 24.3 Å². The monoisotopic (exact) mass is 307 g/mol. The topological polar surface area (TPSA) is 38.3 Å². The predicted molar refractivity (Wildman–Crippen MR) is 67.3 cm³/mol. The van der Waals surface area contributed by atoms with Crippen LogP contribution in [0.2, 0.25) is 5.02 Å². The largest absolute Gasteiger partial charge is 0.412 e. The Morgan fingerprint density at radius 1 is 1.35 bits per heavy atom. The van der Waals surface area contributed by atoms with Gasteiger partial charge < -0.3 is 10.1 Å². The summed E-state index contributed by atoms with van der Waals surface area (Å²) in [7, 11) is 0. The van der Waals surface area contributed by atoms with E-state index < -0.39 is 24.0 Å². The summed E-state index contributed by atoms with van der Waals surface area (Å²) in [5, 5.41) is 2.39. The molecule has 1 aromatic carbocycles. The second kappa shape index (κ2) is 6.01. The molecule has 110 valence electrons. The molecule has 2 rings (SSSR count). The third-order valence-corrected chi connectivity index (χ3v) is 3.37. The van der Waals surface area contributed by atoms with Crippen molar-refractivity contribution in [1.82, 2.24) is 5.32 Å². The molecule has 0 radical (unpaired) electrons. The number of alkyl halides is 3. The Bertz CT molecular complexity index is 469. The lowest BCUT2D eigenvalue weighted by atomic mass is 10.0. The van der Waals surface area contributed by atoms with Crippen LogP contribution in [-0.2, 0) is 9.53 Å². The van der Waals surface area contributed by atoms with Gasteiger partial charge in [0.05, 0.1) is 12.5 Å². The average Bonchev–Trinajstić information content (AvgIpc) is 2.89. The van der Waals surface area contributed by atoms with Crippen molar-refractivity contribution in [3.05, 3.63) is 34.9 Å². The number of halogens is 4. The number of amides is 1. The van der Waals surface area contributed by atoms with E-state index in [1.165, 1.54) is 24.3 Å². The predicted octanol–water partition coefficient (Wildman–Crippen LogP) is 3.10. The molecule has 1 N–H and O–H groups in total. The maximum Gasteiger partial charge on any atom is 0.412 e. The number of hydrogen-bond acceptors (Lipinski definition) is 2. The van der Waals surface area contributed by atoms with E-state index in [1.807, 2.05) is 5.32 Å². The van der Waals surface area contributed by atoms with E-state index in [1.54, 1.807) is 0 Å². The highest BCUT2D eigenvalue weighted by Gasteiger charge is 2.42. The van der Waals surface area contributed by atoms with Crippen molar-refractivity contribution in [3.8, 4) is 0 Å². The van der Waals surface area contributed by atoms with Gasteiger partial charge in [0.2, 0.25) is 5.91 Å². The molecule has 2 atom stereocenters. The first-order valence-electron chi connectivity index (χ1n) is 6.08. The zero-order valence-electron chi connectivity index (χ0n) is 10.4. The van der Waals surface area contributed by atoms with Crippen LogP contribution in [0.3, 0.4) is 0 Å². The molecule has 1 fully saturated rings. The summed E-state index contributed by atoms with van der Waals surface area (Å²) in [6.07, 6.45) is -4.13. The van der Waals surface area contributed by atoms with Gasteiger partial charge in [0, 0.05) is 11.6 Å². The van der Waals surface area contributed by atoms with Crippen LogP contribution >= 0.6 is 11.6 Å². The highest BCUT2D eigenvalue weighted by Crippen LogP contribution is 2.33. The van der Waals surface area contributed by atoms with Crippen molar-refractivity contribution in [2.45, 2.75) is 18.6 Å². The minimum Gasteiger partial charge on any atom is -0.381 e. The van der Waals surface area contributed by atoms with Gasteiger partial charge in [-0.1, -0.05) is 23.7 Å². The number of nitrogens with one attached hydrogen (secondary N) is 1. The molecule has 1 aliphatic heterocycles. The van der Waals surface area contributed by atoms with Crippen LogP contribution in [0.1, 0.15) is 18.0 Å². The summed E-state index contributed by atoms with van der Waals surface area (Å²) in [6, 6.07) is 3.20. The lowest BCUT2D eigenvalue weighted by Gasteiger charge is -2.23. The quantitative estimate of drug-likeness (QED) is 0.932.